The van der Waals surface area contributed by atoms with Crippen LogP contribution in [0.5, 0.6) is 5.75 Å². The number of hydrogen-bond acceptors (Lipinski definition) is 4. The van der Waals surface area contributed by atoms with Crippen molar-refractivity contribution in [2.45, 2.75) is 18.6 Å². The van der Waals surface area contributed by atoms with Crippen LogP contribution in [0.3, 0.4) is 0 Å². The van der Waals surface area contributed by atoms with E-state index in [2.05, 4.69) is 4.98 Å². The fourth-order valence-electron chi connectivity index (χ4n) is 1.96. The zero-order chi connectivity index (χ0) is 11.8. The van der Waals surface area contributed by atoms with E-state index in [0.717, 1.165) is 5.01 Å². The number of nitrogens with zero attached hydrogens (tertiary/aromatic N) is 1. The molecule has 0 saturated carbocycles. The van der Waals surface area contributed by atoms with Crippen molar-refractivity contribution in [1.82, 2.24) is 4.98 Å². The second-order valence-corrected chi connectivity index (χ2v) is 4.84. The van der Waals surface area contributed by atoms with E-state index in [9.17, 15) is 9.50 Å². The fraction of sp³-hybridized carbons (Fsp3) is 0.250. The Kier molecular flexibility index (Phi) is 2.57. The van der Waals surface area contributed by atoms with Gasteiger partial charge in [-0.05, 0) is 18.2 Å². The zero-order valence-electron chi connectivity index (χ0n) is 8.84. The minimum Gasteiger partial charge on any atom is -0.483 e. The Bertz CT molecular complexity index is 529. The topological polar surface area (TPSA) is 42.4 Å². The zero-order valence-corrected chi connectivity index (χ0v) is 9.65. The van der Waals surface area contributed by atoms with Gasteiger partial charge in [-0.1, -0.05) is 0 Å². The summed E-state index contributed by atoms with van der Waals surface area (Å²) in [6, 6.07) is 4.20. The molecule has 0 amide bonds. The van der Waals surface area contributed by atoms with Crippen molar-refractivity contribution in [1.29, 1.82) is 0 Å². The van der Waals surface area contributed by atoms with Crippen LogP contribution in [0.2, 0.25) is 0 Å². The number of aliphatic hydroxyl groups excluding tert-OH is 1. The summed E-state index contributed by atoms with van der Waals surface area (Å²) in [5.74, 6) is 0.171. The highest BCUT2D eigenvalue weighted by Crippen LogP contribution is 2.41. The molecule has 2 heterocycles. The van der Waals surface area contributed by atoms with Crippen molar-refractivity contribution in [3.63, 3.8) is 0 Å². The number of fused-ring (bicyclic) bond motifs is 1. The van der Waals surface area contributed by atoms with Crippen LogP contribution in [-0.4, -0.2) is 10.1 Å². The molecule has 1 aliphatic heterocycles. The molecule has 0 spiro atoms. The van der Waals surface area contributed by atoms with E-state index in [1.807, 2.05) is 5.38 Å². The minimum atomic E-state index is -0.705. The molecular weight excluding hydrogens is 241 g/mol. The third-order valence-electron chi connectivity index (χ3n) is 2.76. The summed E-state index contributed by atoms with van der Waals surface area (Å²) in [6.45, 7) is 0. The first-order valence-electron chi connectivity index (χ1n) is 5.27. The van der Waals surface area contributed by atoms with Gasteiger partial charge in [-0.3, -0.25) is 0 Å². The summed E-state index contributed by atoms with van der Waals surface area (Å²) >= 11 is 1.49. The molecule has 3 nitrogen and oxygen atoms in total. The predicted molar refractivity (Wildman–Crippen MR) is 61.5 cm³/mol. The molecule has 0 fully saturated rings. The predicted octanol–water partition coefficient (Wildman–Crippen LogP) is 2.84. The smallest absolute Gasteiger partial charge is 0.153 e. The SMILES string of the molecule is O[C@@H]1CC(c2nccs2)Oc2ccc(F)cc21. The summed E-state index contributed by atoms with van der Waals surface area (Å²) in [7, 11) is 0. The average Bonchev–Trinajstić information content (AvgIpc) is 2.83. The molecule has 1 N–H and O–H groups in total. The van der Waals surface area contributed by atoms with E-state index in [4.69, 9.17) is 4.74 Å². The van der Waals surface area contributed by atoms with Crippen molar-refractivity contribution < 1.29 is 14.2 Å². The van der Waals surface area contributed by atoms with Gasteiger partial charge in [-0.2, -0.15) is 0 Å². The Morgan fingerprint density at radius 3 is 3.12 bits per heavy atom. The number of ether oxygens (including phenoxy) is 1. The van der Waals surface area contributed by atoms with Gasteiger partial charge < -0.3 is 9.84 Å². The Hall–Kier alpha value is -1.46. The van der Waals surface area contributed by atoms with Crippen LogP contribution in [0.4, 0.5) is 4.39 Å². The maximum Gasteiger partial charge on any atom is 0.153 e. The van der Waals surface area contributed by atoms with Crippen LogP contribution >= 0.6 is 11.3 Å². The van der Waals surface area contributed by atoms with Gasteiger partial charge in [-0.25, -0.2) is 9.37 Å². The van der Waals surface area contributed by atoms with E-state index in [1.54, 1.807) is 12.3 Å². The number of aromatic nitrogens is 1. The molecule has 3 rings (SSSR count). The van der Waals surface area contributed by atoms with Crippen LogP contribution in [0, 0.1) is 5.82 Å². The van der Waals surface area contributed by atoms with Crippen LogP contribution < -0.4 is 4.74 Å². The van der Waals surface area contributed by atoms with Crippen molar-refractivity contribution >= 4 is 11.3 Å². The molecule has 1 aromatic heterocycles. The lowest BCUT2D eigenvalue weighted by atomic mass is 9.99. The van der Waals surface area contributed by atoms with Gasteiger partial charge in [-0.15, -0.1) is 11.3 Å². The first-order chi connectivity index (χ1) is 8.24. The molecular formula is C12H10FNO2S. The quantitative estimate of drug-likeness (QED) is 0.847. The molecule has 0 aliphatic carbocycles. The number of hydrogen-bond donors (Lipinski definition) is 1. The first kappa shape index (κ1) is 10.7. The van der Waals surface area contributed by atoms with Crippen LogP contribution in [0.25, 0.3) is 0 Å². The number of thiazole rings is 1. The molecule has 0 saturated heterocycles. The third-order valence-corrected chi connectivity index (χ3v) is 3.63. The first-order valence-corrected chi connectivity index (χ1v) is 6.15. The Labute approximate surface area is 102 Å². The maximum atomic E-state index is 13.1. The molecule has 1 unspecified atom stereocenters. The molecule has 2 atom stereocenters. The van der Waals surface area contributed by atoms with Crippen LogP contribution in [-0.2, 0) is 0 Å². The molecule has 0 radical (unpaired) electrons. The Morgan fingerprint density at radius 1 is 1.47 bits per heavy atom. The summed E-state index contributed by atoms with van der Waals surface area (Å²) in [4.78, 5) is 4.17. The highest BCUT2D eigenvalue weighted by atomic mass is 32.1. The molecule has 1 aliphatic rings. The lowest BCUT2D eigenvalue weighted by Crippen LogP contribution is -2.19. The van der Waals surface area contributed by atoms with E-state index in [1.165, 1.54) is 23.5 Å². The Morgan fingerprint density at radius 2 is 2.35 bits per heavy atom. The van der Waals surface area contributed by atoms with Crippen molar-refractivity contribution in [2.75, 3.05) is 0 Å². The van der Waals surface area contributed by atoms with Gasteiger partial charge >= 0.3 is 0 Å². The minimum absolute atomic E-state index is 0.247. The highest BCUT2D eigenvalue weighted by molar-refractivity contribution is 7.09. The van der Waals surface area contributed by atoms with Gasteiger partial charge in [0.1, 0.15) is 16.6 Å². The van der Waals surface area contributed by atoms with E-state index < -0.39 is 6.10 Å². The molecule has 88 valence electrons. The van der Waals surface area contributed by atoms with E-state index in [0.29, 0.717) is 17.7 Å². The fourth-order valence-corrected chi connectivity index (χ4v) is 2.64. The molecule has 17 heavy (non-hydrogen) atoms. The third kappa shape index (κ3) is 1.92. The molecule has 1 aromatic carbocycles. The van der Waals surface area contributed by atoms with Crippen LogP contribution in [0.1, 0.15) is 29.2 Å². The van der Waals surface area contributed by atoms with Crippen molar-refractivity contribution in [2.24, 2.45) is 0 Å². The normalized spacial score (nSPS) is 22.9. The van der Waals surface area contributed by atoms with E-state index in [-0.39, 0.29) is 11.9 Å². The lowest BCUT2D eigenvalue weighted by Gasteiger charge is -2.28. The van der Waals surface area contributed by atoms with Gasteiger partial charge in [0.15, 0.2) is 6.10 Å². The molecule has 5 heteroatoms. The van der Waals surface area contributed by atoms with Gasteiger partial charge in [0.25, 0.3) is 0 Å². The number of rotatable bonds is 1. The average molecular weight is 251 g/mol. The number of halogens is 1. The molecule has 0 bridgehead atoms. The second-order valence-electron chi connectivity index (χ2n) is 3.91. The van der Waals surface area contributed by atoms with Crippen LogP contribution in [0.15, 0.2) is 29.8 Å². The van der Waals surface area contributed by atoms with Crippen molar-refractivity contribution in [3.8, 4) is 5.75 Å². The summed E-state index contributed by atoms with van der Waals surface area (Å²) in [5.41, 5.74) is 0.512. The maximum absolute atomic E-state index is 13.1. The largest absolute Gasteiger partial charge is 0.483 e. The van der Waals surface area contributed by atoms with Gasteiger partial charge in [0, 0.05) is 23.6 Å². The van der Waals surface area contributed by atoms with Gasteiger partial charge in [0.2, 0.25) is 0 Å². The van der Waals surface area contributed by atoms with E-state index >= 15 is 0 Å². The second kappa shape index (κ2) is 4.09. The van der Waals surface area contributed by atoms with Crippen molar-refractivity contribution in [3.05, 3.63) is 46.2 Å². The summed E-state index contributed by atoms with van der Waals surface area (Å²) in [6.07, 6.45) is 1.16. The highest BCUT2D eigenvalue weighted by Gasteiger charge is 2.29. The molecule has 2 aromatic rings. The monoisotopic (exact) mass is 251 g/mol. The number of benzene rings is 1. The standard InChI is InChI=1S/C12H10FNO2S/c13-7-1-2-10-8(5-7)9(15)6-11(16-10)12-14-3-4-17-12/h1-5,9,11,15H,6H2/t9-,11?/m1/s1. The summed E-state index contributed by atoms with van der Waals surface area (Å²) in [5, 5.41) is 12.7. The van der Waals surface area contributed by atoms with Gasteiger partial charge in [0.05, 0.1) is 6.10 Å². The Balaban J connectivity index is 1.96. The lowest BCUT2D eigenvalue weighted by molar-refractivity contribution is 0.0652. The number of aliphatic hydroxyl groups is 1. The summed E-state index contributed by atoms with van der Waals surface area (Å²) < 4.78 is 18.8.